The lowest BCUT2D eigenvalue weighted by Gasteiger charge is -2.17. The van der Waals surface area contributed by atoms with Gasteiger partial charge in [0, 0.05) is 24.7 Å². The first-order chi connectivity index (χ1) is 12.1. The number of benzene rings is 1. The molecule has 132 valence electrons. The first-order valence-electron chi connectivity index (χ1n) is 8.78. The van der Waals surface area contributed by atoms with Gasteiger partial charge in [0.1, 0.15) is 12.1 Å². The zero-order chi connectivity index (χ0) is 18.1. The third-order valence-corrected chi connectivity index (χ3v) is 4.17. The third kappa shape index (κ3) is 5.84. The smallest absolute Gasteiger partial charge is 0.130 e. The molecule has 0 aliphatic heterocycles. The van der Waals surface area contributed by atoms with Crippen molar-refractivity contribution >= 4 is 5.82 Å². The van der Waals surface area contributed by atoms with E-state index in [1.54, 1.807) is 6.33 Å². The maximum atomic E-state index is 4.37. The van der Waals surface area contributed by atoms with Crippen molar-refractivity contribution in [2.24, 2.45) is 0 Å². The van der Waals surface area contributed by atoms with Crippen LogP contribution in [0, 0.1) is 0 Å². The van der Waals surface area contributed by atoms with E-state index in [4.69, 9.17) is 0 Å². The van der Waals surface area contributed by atoms with Crippen LogP contribution in [0.15, 0.2) is 66.5 Å². The molecule has 4 heteroatoms. The second-order valence-corrected chi connectivity index (χ2v) is 6.06. The van der Waals surface area contributed by atoms with Crippen LogP contribution in [0.25, 0.3) is 0 Å². The Hall–Kier alpha value is -2.46. The van der Waals surface area contributed by atoms with Crippen LogP contribution < -0.4 is 10.6 Å². The molecule has 0 saturated carbocycles. The average molecular weight is 336 g/mol. The van der Waals surface area contributed by atoms with E-state index < -0.39 is 0 Å². The zero-order valence-corrected chi connectivity index (χ0v) is 15.5. The maximum Gasteiger partial charge on any atom is 0.130 e. The van der Waals surface area contributed by atoms with Gasteiger partial charge >= 0.3 is 0 Å². The molecule has 1 heterocycles. The van der Waals surface area contributed by atoms with Crippen LogP contribution in [0.5, 0.6) is 0 Å². The van der Waals surface area contributed by atoms with Gasteiger partial charge in [0.25, 0.3) is 0 Å². The molecule has 0 radical (unpaired) electrons. The van der Waals surface area contributed by atoms with Crippen molar-refractivity contribution in [2.45, 2.75) is 46.3 Å². The normalized spacial score (nSPS) is 14.5. The van der Waals surface area contributed by atoms with E-state index in [1.165, 1.54) is 11.1 Å². The second kappa shape index (κ2) is 9.74. The Morgan fingerprint density at radius 3 is 2.56 bits per heavy atom. The standard InChI is InChI=1S/C21H28N4/c1-5-10-18(6-2)16(3)22-14-20-13-21(24-15-23-20)25-17(4)19-11-8-7-9-12-19/h5-13,15-17,22H,14H2,1-4H3,(H,23,24,25)/b10-5-,18-6+. The van der Waals surface area contributed by atoms with Gasteiger partial charge in [0.05, 0.1) is 5.69 Å². The van der Waals surface area contributed by atoms with Crippen LogP contribution >= 0.6 is 0 Å². The minimum absolute atomic E-state index is 0.195. The highest BCUT2D eigenvalue weighted by atomic mass is 15.0. The van der Waals surface area contributed by atoms with Crippen LogP contribution in [0.3, 0.4) is 0 Å². The number of hydrogen-bond acceptors (Lipinski definition) is 4. The van der Waals surface area contributed by atoms with Gasteiger partial charge in [-0.15, -0.1) is 0 Å². The summed E-state index contributed by atoms with van der Waals surface area (Å²) in [5, 5.41) is 6.95. The average Bonchev–Trinajstić information content (AvgIpc) is 2.65. The Morgan fingerprint density at radius 2 is 1.88 bits per heavy atom. The van der Waals surface area contributed by atoms with Gasteiger partial charge < -0.3 is 10.6 Å². The molecule has 0 fully saturated rings. The molecule has 2 rings (SSSR count). The molecular weight excluding hydrogens is 308 g/mol. The molecular formula is C21H28N4. The number of aromatic nitrogens is 2. The molecule has 1 aromatic carbocycles. The summed E-state index contributed by atoms with van der Waals surface area (Å²) >= 11 is 0. The van der Waals surface area contributed by atoms with Gasteiger partial charge in [-0.25, -0.2) is 9.97 Å². The number of allylic oxidation sites excluding steroid dienone is 2. The van der Waals surface area contributed by atoms with E-state index in [0.717, 1.165) is 11.5 Å². The van der Waals surface area contributed by atoms with Crippen molar-refractivity contribution in [3.05, 3.63) is 77.8 Å². The number of rotatable bonds is 8. The van der Waals surface area contributed by atoms with Crippen LogP contribution in [-0.4, -0.2) is 16.0 Å². The Morgan fingerprint density at radius 1 is 1.12 bits per heavy atom. The summed E-state index contributed by atoms with van der Waals surface area (Å²) in [7, 11) is 0. The minimum Gasteiger partial charge on any atom is -0.363 e. The van der Waals surface area contributed by atoms with Crippen LogP contribution in [0.1, 0.15) is 45.0 Å². The fourth-order valence-corrected chi connectivity index (χ4v) is 2.68. The van der Waals surface area contributed by atoms with Crippen molar-refractivity contribution in [2.75, 3.05) is 5.32 Å². The lowest BCUT2D eigenvalue weighted by Crippen LogP contribution is -2.27. The number of nitrogens with zero attached hydrogens (tertiary/aromatic N) is 2. The molecule has 0 spiro atoms. The predicted octanol–water partition coefficient (Wildman–Crippen LogP) is 4.65. The molecule has 2 unspecified atom stereocenters. The van der Waals surface area contributed by atoms with Gasteiger partial charge in [-0.05, 0) is 38.8 Å². The number of nitrogens with one attached hydrogen (secondary N) is 2. The molecule has 25 heavy (non-hydrogen) atoms. The minimum atomic E-state index is 0.195. The summed E-state index contributed by atoms with van der Waals surface area (Å²) in [6, 6.07) is 12.8. The fourth-order valence-electron chi connectivity index (χ4n) is 2.68. The Labute approximate surface area is 151 Å². The Balaban J connectivity index is 1.97. The monoisotopic (exact) mass is 336 g/mol. The summed E-state index contributed by atoms with van der Waals surface area (Å²) in [5.41, 5.74) is 3.48. The second-order valence-electron chi connectivity index (χ2n) is 6.06. The molecule has 2 aromatic rings. The van der Waals surface area contributed by atoms with E-state index in [-0.39, 0.29) is 12.1 Å². The molecule has 0 aliphatic rings. The summed E-state index contributed by atoms with van der Waals surface area (Å²) in [6.07, 6.45) is 7.94. The molecule has 0 bridgehead atoms. The number of hydrogen-bond donors (Lipinski definition) is 2. The summed E-state index contributed by atoms with van der Waals surface area (Å²) in [4.78, 5) is 8.71. The fraction of sp³-hybridized carbons (Fsp3) is 0.333. The first-order valence-corrected chi connectivity index (χ1v) is 8.78. The first kappa shape index (κ1) is 18.9. The summed E-state index contributed by atoms with van der Waals surface area (Å²) < 4.78 is 0. The van der Waals surface area contributed by atoms with E-state index in [2.05, 4.69) is 71.7 Å². The lowest BCUT2D eigenvalue weighted by atomic mass is 10.1. The molecule has 0 saturated heterocycles. The van der Waals surface area contributed by atoms with Gasteiger partial charge in [0.2, 0.25) is 0 Å². The Kier molecular flexibility index (Phi) is 7.36. The van der Waals surface area contributed by atoms with Gasteiger partial charge in [-0.2, -0.15) is 0 Å². The van der Waals surface area contributed by atoms with Crippen molar-refractivity contribution in [1.29, 1.82) is 0 Å². The zero-order valence-electron chi connectivity index (χ0n) is 15.5. The summed E-state index contributed by atoms with van der Waals surface area (Å²) in [6.45, 7) is 9.09. The van der Waals surface area contributed by atoms with E-state index >= 15 is 0 Å². The maximum absolute atomic E-state index is 4.37. The summed E-state index contributed by atoms with van der Waals surface area (Å²) in [5.74, 6) is 0.843. The molecule has 2 atom stereocenters. The van der Waals surface area contributed by atoms with E-state index in [0.29, 0.717) is 6.54 Å². The molecule has 1 aromatic heterocycles. The van der Waals surface area contributed by atoms with Crippen LogP contribution in [-0.2, 0) is 6.54 Å². The van der Waals surface area contributed by atoms with Crippen molar-refractivity contribution < 1.29 is 0 Å². The van der Waals surface area contributed by atoms with E-state index in [1.807, 2.05) is 31.2 Å². The lowest BCUT2D eigenvalue weighted by molar-refractivity contribution is 0.607. The predicted molar refractivity (Wildman–Crippen MR) is 105 cm³/mol. The number of anilines is 1. The van der Waals surface area contributed by atoms with Gasteiger partial charge in [-0.1, -0.05) is 48.6 Å². The highest BCUT2D eigenvalue weighted by molar-refractivity contribution is 5.38. The van der Waals surface area contributed by atoms with Crippen molar-refractivity contribution in [3.63, 3.8) is 0 Å². The quantitative estimate of drug-likeness (QED) is 0.689. The van der Waals surface area contributed by atoms with Crippen LogP contribution in [0.2, 0.25) is 0 Å². The molecule has 2 N–H and O–H groups in total. The topological polar surface area (TPSA) is 49.8 Å². The Bertz CT molecular complexity index is 707. The van der Waals surface area contributed by atoms with E-state index in [9.17, 15) is 0 Å². The highest BCUT2D eigenvalue weighted by Gasteiger charge is 2.08. The molecule has 0 aliphatic carbocycles. The van der Waals surface area contributed by atoms with Gasteiger partial charge in [0.15, 0.2) is 0 Å². The molecule has 0 amide bonds. The van der Waals surface area contributed by atoms with Crippen molar-refractivity contribution in [1.82, 2.24) is 15.3 Å². The van der Waals surface area contributed by atoms with Crippen molar-refractivity contribution in [3.8, 4) is 0 Å². The van der Waals surface area contributed by atoms with Gasteiger partial charge in [-0.3, -0.25) is 0 Å². The largest absolute Gasteiger partial charge is 0.363 e. The molecule has 4 nitrogen and oxygen atoms in total. The SMILES string of the molecule is C/C=C\C(=C/C)C(C)NCc1cc(NC(C)c2ccccc2)ncn1. The van der Waals surface area contributed by atoms with Crippen LogP contribution in [0.4, 0.5) is 5.82 Å². The third-order valence-electron chi connectivity index (χ3n) is 4.17. The highest BCUT2D eigenvalue weighted by Crippen LogP contribution is 2.17.